The fourth-order valence-corrected chi connectivity index (χ4v) is 3.24. The first-order valence-electron chi connectivity index (χ1n) is 6.92. The smallest absolute Gasteiger partial charge is 0.141 e. The van der Waals surface area contributed by atoms with E-state index in [1.807, 2.05) is 13.0 Å². The Bertz CT molecular complexity index is 428. The molecule has 1 aromatic carbocycles. The highest BCUT2D eigenvalue weighted by Crippen LogP contribution is 2.34. The van der Waals surface area contributed by atoms with Gasteiger partial charge < -0.3 is 10.5 Å². The fourth-order valence-electron chi connectivity index (χ4n) is 2.65. The highest BCUT2D eigenvalue weighted by molar-refractivity contribution is 6.35. The number of ether oxygens (including phenoxy) is 1. The van der Waals surface area contributed by atoms with Crippen molar-refractivity contribution in [1.82, 2.24) is 0 Å². The molecule has 0 bridgehead atoms. The molecule has 1 unspecified atom stereocenters. The van der Waals surface area contributed by atoms with Crippen LogP contribution in [0.3, 0.4) is 0 Å². The lowest BCUT2D eigenvalue weighted by atomic mass is 10.1. The van der Waals surface area contributed by atoms with Crippen LogP contribution >= 0.6 is 23.2 Å². The minimum absolute atomic E-state index is 0.0587. The van der Waals surface area contributed by atoms with Gasteiger partial charge >= 0.3 is 0 Å². The Hall–Kier alpha value is -0.440. The van der Waals surface area contributed by atoms with Crippen LogP contribution in [-0.2, 0) is 6.42 Å². The van der Waals surface area contributed by atoms with Crippen molar-refractivity contribution in [2.45, 2.75) is 45.1 Å². The maximum atomic E-state index is 6.25. The van der Waals surface area contributed by atoms with Crippen LogP contribution in [-0.4, -0.2) is 12.6 Å². The molecule has 1 atom stereocenters. The quantitative estimate of drug-likeness (QED) is 0.872. The van der Waals surface area contributed by atoms with Crippen LogP contribution in [0, 0.1) is 5.92 Å². The monoisotopic (exact) mass is 301 g/mol. The Balaban J connectivity index is 2.11. The number of rotatable bonds is 5. The van der Waals surface area contributed by atoms with Gasteiger partial charge in [-0.2, -0.15) is 0 Å². The van der Waals surface area contributed by atoms with Gasteiger partial charge in [0.15, 0.2) is 0 Å². The van der Waals surface area contributed by atoms with Gasteiger partial charge in [0, 0.05) is 11.1 Å². The van der Waals surface area contributed by atoms with Crippen LogP contribution < -0.4 is 10.5 Å². The number of nitrogens with two attached hydrogens (primary N) is 1. The van der Waals surface area contributed by atoms with E-state index in [1.54, 1.807) is 6.07 Å². The zero-order valence-corrected chi connectivity index (χ0v) is 12.8. The van der Waals surface area contributed by atoms with Crippen molar-refractivity contribution in [3.63, 3.8) is 0 Å². The molecule has 106 valence electrons. The van der Waals surface area contributed by atoms with E-state index in [4.69, 9.17) is 33.7 Å². The number of halogens is 2. The van der Waals surface area contributed by atoms with Gasteiger partial charge in [0.2, 0.25) is 0 Å². The van der Waals surface area contributed by atoms with Crippen LogP contribution in [0.15, 0.2) is 12.1 Å². The maximum absolute atomic E-state index is 6.25. The van der Waals surface area contributed by atoms with E-state index in [2.05, 4.69) is 0 Å². The van der Waals surface area contributed by atoms with E-state index in [0.717, 1.165) is 24.3 Å². The summed E-state index contributed by atoms with van der Waals surface area (Å²) in [5, 5.41) is 1.22. The number of hydrogen-bond donors (Lipinski definition) is 1. The van der Waals surface area contributed by atoms with Crippen molar-refractivity contribution in [2.24, 2.45) is 11.7 Å². The Morgan fingerprint density at radius 2 is 2.00 bits per heavy atom. The first kappa shape index (κ1) is 15.0. The molecule has 2 nitrogen and oxygen atoms in total. The second-order valence-electron chi connectivity index (χ2n) is 5.52. The predicted molar refractivity (Wildman–Crippen MR) is 81.3 cm³/mol. The van der Waals surface area contributed by atoms with E-state index < -0.39 is 0 Å². The highest BCUT2D eigenvalue weighted by atomic mass is 35.5. The third-order valence-electron chi connectivity index (χ3n) is 3.57. The van der Waals surface area contributed by atoms with Crippen molar-refractivity contribution in [1.29, 1.82) is 0 Å². The van der Waals surface area contributed by atoms with Crippen molar-refractivity contribution in [3.05, 3.63) is 27.7 Å². The summed E-state index contributed by atoms with van der Waals surface area (Å²) in [6.45, 7) is 2.71. The van der Waals surface area contributed by atoms with Gasteiger partial charge in [0.05, 0.1) is 11.6 Å². The summed E-state index contributed by atoms with van der Waals surface area (Å²) in [6, 6.07) is 3.70. The van der Waals surface area contributed by atoms with Crippen molar-refractivity contribution in [2.75, 3.05) is 6.61 Å². The molecular formula is C15H21Cl2NO. The van der Waals surface area contributed by atoms with E-state index >= 15 is 0 Å². The third-order valence-corrected chi connectivity index (χ3v) is 4.06. The first-order valence-corrected chi connectivity index (χ1v) is 7.68. The predicted octanol–water partition coefficient (Wildman–Crippen LogP) is 4.45. The molecule has 1 aliphatic rings. The zero-order valence-electron chi connectivity index (χ0n) is 11.3. The molecule has 1 fully saturated rings. The first-order chi connectivity index (χ1) is 9.06. The Morgan fingerprint density at radius 1 is 1.32 bits per heavy atom. The largest absolute Gasteiger partial charge is 0.491 e. The SMILES string of the molecule is CC(N)Cc1cc(Cl)cc(Cl)c1OCC1CCCC1. The van der Waals surface area contributed by atoms with Crippen LogP contribution in [0.2, 0.25) is 10.0 Å². The normalized spacial score (nSPS) is 17.7. The van der Waals surface area contributed by atoms with Crippen LogP contribution in [0.25, 0.3) is 0 Å². The summed E-state index contributed by atoms with van der Waals surface area (Å²) in [5.41, 5.74) is 6.88. The van der Waals surface area contributed by atoms with Gasteiger partial charge in [0.1, 0.15) is 5.75 Å². The van der Waals surface area contributed by atoms with Crippen LogP contribution in [0.1, 0.15) is 38.2 Å². The van der Waals surface area contributed by atoms with Gasteiger partial charge in [-0.25, -0.2) is 0 Å². The number of benzene rings is 1. The van der Waals surface area contributed by atoms with Crippen molar-refractivity contribution < 1.29 is 4.74 Å². The standard InChI is InChI=1S/C15H21Cl2NO/c1-10(18)6-12-7-13(16)8-14(17)15(12)19-9-11-4-2-3-5-11/h7-8,10-11H,2-6,9,18H2,1H3. The Labute approximate surface area is 125 Å². The Morgan fingerprint density at radius 3 is 2.63 bits per heavy atom. The van der Waals surface area contributed by atoms with Crippen molar-refractivity contribution >= 4 is 23.2 Å². The van der Waals surface area contributed by atoms with Gasteiger partial charge in [-0.05, 0) is 49.8 Å². The van der Waals surface area contributed by atoms with E-state index in [-0.39, 0.29) is 6.04 Å². The van der Waals surface area contributed by atoms with Gasteiger partial charge in [-0.15, -0.1) is 0 Å². The summed E-state index contributed by atoms with van der Waals surface area (Å²) in [4.78, 5) is 0. The highest BCUT2D eigenvalue weighted by Gasteiger charge is 2.18. The van der Waals surface area contributed by atoms with Gasteiger partial charge in [-0.1, -0.05) is 36.0 Å². The summed E-state index contributed by atoms with van der Waals surface area (Å²) in [6.07, 6.45) is 5.87. The average Bonchev–Trinajstić information content (AvgIpc) is 2.79. The molecule has 2 N–H and O–H groups in total. The van der Waals surface area contributed by atoms with E-state index in [9.17, 15) is 0 Å². The lowest BCUT2D eigenvalue weighted by Crippen LogP contribution is -2.19. The van der Waals surface area contributed by atoms with Gasteiger partial charge in [0.25, 0.3) is 0 Å². The van der Waals surface area contributed by atoms with Crippen molar-refractivity contribution in [3.8, 4) is 5.75 Å². The lowest BCUT2D eigenvalue weighted by Gasteiger charge is -2.17. The molecule has 0 amide bonds. The fraction of sp³-hybridized carbons (Fsp3) is 0.600. The topological polar surface area (TPSA) is 35.2 Å². The third kappa shape index (κ3) is 4.27. The zero-order chi connectivity index (χ0) is 13.8. The minimum Gasteiger partial charge on any atom is -0.491 e. The summed E-state index contributed by atoms with van der Waals surface area (Å²) < 4.78 is 5.96. The maximum Gasteiger partial charge on any atom is 0.141 e. The summed E-state index contributed by atoms with van der Waals surface area (Å²) >= 11 is 12.3. The molecule has 0 spiro atoms. The second kappa shape index (κ2) is 6.83. The van der Waals surface area contributed by atoms with E-state index in [1.165, 1.54) is 25.7 Å². The molecule has 1 aromatic rings. The molecule has 19 heavy (non-hydrogen) atoms. The molecule has 4 heteroatoms. The summed E-state index contributed by atoms with van der Waals surface area (Å²) in [7, 11) is 0. The molecule has 1 aliphatic carbocycles. The molecular weight excluding hydrogens is 281 g/mol. The molecule has 1 saturated carbocycles. The molecule has 0 saturated heterocycles. The van der Waals surface area contributed by atoms with Crippen LogP contribution in [0.5, 0.6) is 5.75 Å². The second-order valence-corrected chi connectivity index (χ2v) is 6.36. The number of hydrogen-bond acceptors (Lipinski definition) is 2. The Kier molecular flexibility index (Phi) is 5.37. The van der Waals surface area contributed by atoms with Crippen LogP contribution in [0.4, 0.5) is 0 Å². The molecule has 0 heterocycles. The van der Waals surface area contributed by atoms with E-state index in [0.29, 0.717) is 16.0 Å². The minimum atomic E-state index is 0.0587. The average molecular weight is 302 g/mol. The molecule has 0 aromatic heterocycles. The lowest BCUT2D eigenvalue weighted by molar-refractivity contribution is 0.250. The summed E-state index contributed by atoms with van der Waals surface area (Å²) in [5.74, 6) is 1.42. The molecule has 0 radical (unpaired) electrons. The molecule has 2 rings (SSSR count). The van der Waals surface area contributed by atoms with Gasteiger partial charge in [-0.3, -0.25) is 0 Å². The molecule has 0 aliphatic heterocycles.